The van der Waals surface area contributed by atoms with Crippen LogP contribution in [-0.2, 0) is 20.9 Å². The number of aromatic nitrogens is 3. The standard InChI is InChI=1S/C50H61N11O8S/c1-29-43(70-28-57-29)31-17-15-30(16-18-31)24-56-48(67)38-22-33(62)27-61(38)49(68)44(50(2,3)4)60-41(63)14-9-8-10-21-53-45(64)32-19-20-39(54-25-32)59-40-23-37(35(26-55-40)47(66)52-6)58-36-13-11-12-34(42(36)69-7)46(65)51-5/h11-13,15-20,23,25-26,28,33,38,44,62H,8-10,14,21-22,24,27H2,1-7H3,(H,51,65)(H,52,66)(H,53,64)(H,56,67)(H,60,63)(H2,54,55,58,59)/t33-,38+,44-/m1/s1. The van der Waals surface area contributed by atoms with Crippen molar-refractivity contribution in [1.29, 1.82) is 0 Å². The number of aliphatic hydroxyl groups is 1. The number of benzene rings is 2. The molecule has 0 unspecified atom stereocenters. The molecule has 0 bridgehead atoms. The third-order valence-electron chi connectivity index (χ3n) is 11.7. The fraction of sp³-hybridized carbons (Fsp3) is 0.380. The quantitative estimate of drug-likeness (QED) is 0.0466. The van der Waals surface area contributed by atoms with Crippen molar-refractivity contribution in [3.05, 3.63) is 107 Å². The minimum atomic E-state index is -0.937. The summed E-state index contributed by atoms with van der Waals surface area (Å²) in [5.41, 5.74) is 5.68. The lowest BCUT2D eigenvalue weighted by molar-refractivity contribution is -0.144. The number of rotatable bonds is 20. The number of para-hydroxylation sites is 1. The first-order valence-corrected chi connectivity index (χ1v) is 23.8. The van der Waals surface area contributed by atoms with Crippen LogP contribution in [-0.4, -0.2) is 113 Å². The number of nitrogens with one attached hydrogen (secondary N) is 7. The monoisotopic (exact) mass is 975 g/mol. The van der Waals surface area contributed by atoms with Crippen molar-refractivity contribution in [2.75, 3.05) is 44.9 Å². The minimum Gasteiger partial charge on any atom is -0.494 e. The van der Waals surface area contributed by atoms with Crippen molar-refractivity contribution >= 4 is 69.8 Å². The number of amides is 6. The van der Waals surface area contributed by atoms with Crippen LogP contribution in [0.5, 0.6) is 5.75 Å². The van der Waals surface area contributed by atoms with E-state index < -0.39 is 35.4 Å². The van der Waals surface area contributed by atoms with Gasteiger partial charge in [-0.3, -0.25) is 28.8 Å². The first kappa shape index (κ1) is 51.9. The third kappa shape index (κ3) is 13.2. The van der Waals surface area contributed by atoms with Crippen LogP contribution in [0, 0.1) is 12.3 Å². The van der Waals surface area contributed by atoms with E-state index in [2.05, 4.69) is 52.2 Å². The van der Waals surface area contributed by atoms with E-state index in [0.717, 1.165) is 21.7 Å². The highest BCUT2D eigenvalue weighted by atomic mass is 32.1. The molecule has 3 atom stereocenters. The van der Waals surface area contributed by atoms with Crippen LogP contribution in [0.25, 0.3) is 10.4 Å². The van der Waals surface area contributed by atoms with Gasteiger partial charge in [0.25, 0.3) is 17.7 Å². The van der Waals surface area contributed by atoms with Crippen molar-refractivity contribution < 1.29 is 38.6 Å². The summed E-state index contributed by atoms with van der Waals surface area (Å²) in [5.74, 6) is -1.17. The van der Waals surface area contributed by atoms with Gasteiger partial charge in [-0.15, -0.1) is 11.3 Å². The number of hydrogen-bond donors (Lipinski definition) is 8. The lowest BCUT2D eigenvalue weighted by Crippen LogP contribution is -2.57. The average Bonchev–Trinajstić information content (AvgIpc) is 3.97. The number of unbranched alkanes of at least 4 members (excludes halogenated alkanes) is 2. The molecule has 19 nitrogen and oxygen atoms in total. The van der Waals surface area contributed by atoms with E-state index in [-0.39, 0.29) is 60.9 Å². The lowest BCUT2D eigenvalue weighted by atomic mass is 9.85. The molecule has 0 spiro atoms. The predicted octanol–water partition coefficient (Wildman–Crippen LogP) is 5.22. The SMILES string of the molecule is CNC(=O)c1cnc(Nc2ccc(C(=O)NCCCCCC(=O)N[C@H](C(=O)N3C[C@H](O)C[C@H]3C(=O)NCc3ccc(-c4scnc4C)cc3)C(C)(C)C)cn2)cc1Nc1cccc(C(=O)NC)c1OC. The fourth-order valence-electron chi connectivity index (χ4n) is 7.89. The Bertz CT molecular complexity index is 2670. The number of aryl methyl sites for hydroxylation is 1. The summed E-state index contributed by atoms with van der Waals surface area (Å²) >= 11 is 1.56. The van der Waals surface area contributed by atoms with E-state index in [0.29, 0.717) is 59.9 Å². The molecule has 2 aromatic carbocycles. The zero-order valence-corrected chi connectivity index (χ0v) is 41.2. The number of carbonyl (C=O) groups excluding carboxylic acids is 6. The number of pyridine rings is 2. The van der Waals surface area contributed by atoms with Gasteiger partial charge >= 0.3 is 0 Å². The molecule has 6 amide bonds. The van der Waals surface area contributed by atoms with Gasteiger partial charge in [0, 0.05) is 65.0 Å². The van der Waals surface area contributed by atoms with Crippen LogP contribution in [0.2, 0.25) is 0 Å². The molecule has 4 heterocycles. The van der Waals surface area contributed by atoms with Gasteiger partial charge in [-0.2, -0.15) is 0 Å². The maximum absolute atomic E-state index is 14.0. The molecular formula is C50H61N11O8S. The number of thiazole rings is 1. The van der Waals surface area contributed by atoms with Crippen molar-refractivity contribution in [2.45, 2.75) is 84.5 Å². The van der Waals surface area contributed by atoms with Gasteiger partial charge in [0.15, 0.2) is 5.75 Å². The number of carbonyl (C=O) groups is 6. The van der Waals surface area contributed by atoms with Gasteiger partial charge in [-0.1, -0.05) is 57.5 Å². The maximum atomic E-state index is 14.0. The van der Waals surface area contributed by atoms with Crippen molar-refractivity contribution in [3.63, 3.8) is 0 Å². The molecule has 6 rings (SSSR count). The Labute approximate surface area is 411 Å². The first-order chi connectivity index (χ1) is 33.5. The molecular weight excluding hydrogens is 915 g/mol. The molecule has 0 saturated carbocycles. The smallest absolute Gasteiger partial charge is 0.254 e. The Balaban J connectivity index is 0.950. The molecule has 70 heavy (non-hydrogen) atoms. The summed E-state index contributed by atoms with van der Waals surface area (Å²) in [6, 6.07) is 15.9. The summed E-state index contributed by atoms with van der Waals surface area (Å²) in [4.78, 5) is 94.4. The molecule has 1 aliphatic rings. The van der Waals surface area contributed by atoms with Gasteiger partial charge in [0.05, 0.1) is 57.4 Å². The van der Waals surface area contributed by atoms with Crippen LogP contribution >= 0.6 is 11.3 Å². The zero-order valence-electron chi connectivity index (χ0n) is 40.4. The molecule has 1 saturated heterocycles. The van der Waals surface area contributed by atoms with Crippen LogP contribution in [0.4, 0.5) is 23.0 Å². The van der Waals surface area contributed by atoms with Gasteiger partial charge in [-0.05, 0) is 60.6 Å². The molecule has 20 heteroatoms. The van der Waals surface area contributed by atoms with Crippen molar-refractivity contribution in [1.82, 2.24) is 46.4 Å². The van der Waals surface area contributed by atoms with Gasteiger partial charge in [-0.25, -0.2) is 15.0 Å². The number of nitrogens with zero attached hydrogens (tertiary/aromatic N) is 4. The van der Waals surface area contributed by atoms with Gasteiger partial charge < -0.3 is 52.0 Å². The number of β-amino-alcohol motifs (C(OH)–C–C–N with tert-alkyl or cyclic N) is 1. The number of likely N-dealkylation sites (tertiary alicyclic amines) is 1. The Morgan fingerprint density at radius 1 is 0.829 bits per heavy atom. The van der Waals surface area contributed by atoms with E-state index in [9.17, 15) is 33.9 Å². The van der Waals surface area contributed by atoms with E-state index in [1.54, 1.807) is 53.2 Å². The molecule has 1 fully saturated rings. The summed E-state index contributed by atoms with van der Waals surface area (Å²) in [6.07, 6.45) is 3.92. The van der Waals surface area contributed by atoms with E-state index in [1.807, 2.05) is 52.0 Å². The maximum Gasteiger partial charge on any atom is 0.254 e. The number of hydrogen-bond acceptors (Lipinski definition) is 14. The van der Waals surface area contributed by atoms with Crippen molar-refractivity contribution in [2.24, 2.45) is 5.41 Å². The highest BCUT2D eigenvalue weighted by molar-refractivity contribution is 7.13. The normalized spacial score (nSPS) is 14.8. The Kier molecular flexibility index (Phi) is 17.6. The average molecular weight is 976 g/mol. The molecule has 370 valence electrons. The highest BCUT2D eigenvalue weighted by Crippen LogP contribution is 2.34. The summed E-state index contributed by atoms with van der Waals surface area (Å²) in [6.45, 7) is 8.07. The lowest BCUT2D eigenvalue weighted by Gasteiger charge is -2.35. The van der Waals surface area contributed by atoms with E-state index in [4.69, 9.17) is 4.74 Å². The van der Waals surface area contributed by atoms with Crippen LogP contribution < -0.4 is 42.0 Å². The first-order valence-electron chi connectivity index (χ1n) is 23.0. The molecule has 0 radical (unpaired) electrons. The minimum absolute atomic E-state index is 0.0199. The van der Waals surface area contributed by atoms with Gasteiger partial charge in [0.2, 0.25) is 17.7 Å². The van der Waals surface area contributed by atoms with Gasteiger partial charge in [0.1, 0.15) is 23.7 Å². The second-order valence-corrected chi connectivity index (χ2v) is 18.7. The van der Waals surface area contributed by atoms with E-state index in [1.165, 1.54) is 38.5 Å². The predicted molar refractivity (Wildman–Crippen MR) is 267 cm³/mol. The Morgan fingerprint density at radius 2 is 1.56 bits per heavy atom. The molecule has 8 N–H and O–H groups in total. The Hall–Kier alpha value is -7.45. The molecule has 3 aromatic heterocycles. The number of anilines is 4. The number of aliphatic hydroxyl groups excluding tert-OH is 1. The number of methoxy groups -OCH3 is 1. The molecule has 5 aromatic rings. The van der Waals surface area contributed by atoms with Crippen molar-refractivity contribution in [3.8, 4) is 16.2 Å². The third-order valence-corrected chi connectivity index (χ3v) is 12.7. The second kappa shape index (κ2) is 23.7. The highest BCUT2D eigenvalue weighted by Gasteiger charge is 2.44. The number of ether oxygens (including phenoxy) is 1. The van der Waals surface area contributed by atoms with E-state index >= 15 is 0 Å². The molecule has 0 aliphatic carbocycles. The summed E-state index contributed by atoms with van der Waals surface area (Å²) < 4.78 is 5.54. The van der Waals surface area contributed by atoms with Crippen LogP contribution in [0.15, 0.2) is 78.6 Å². The summed E-state index contributed by atoms with van der Waals surface area (Å²) in [5, 5.41) is 30.7. The summed E-state index contributed by atoms with van der Waals surface area (Å²) in [7, 11) is 4.46. The van der Waals surface area contributed by atoms with Crippen LogP contribution in [0.3, 0.4) is 0 Å². The zero-order chi connectivity index (χ0) is 50.5. The van der Waals surface area contributed by atoms with Crippen LogP contribution in [0.1, 0.15) is 95.2 Å². The fourth-order valence-corrected chi connectivity index (χ4v) is 8.71. The Morgan fingerprint density at radius 3 is 2.21 bits per heavy atom. The second-order valence-electron chi connectivity index (χ2n) is 17.9. The largest absolute Gasteiger partial charge is 0.494 e. The topological polar surface area (TPSA) is 258 Å². The molecule has 1 aliphatic heterocycles.